The van der Waals surface area contributed by atoms with E-state index in [9.17, 15) is 4.79 Å². The monoisotopic (exact) mass is 250 g/mol. The largest absolute Gasteiger partial charge is 0.445 e. The minimum atomic E-state index is -0.352. The Balaban J connectivity index is 2.01. The number of alkyl carbamates (subject to hydrolysis) is 1. The van der Waals surface area contributed by atoms with Gasteiger partial charge in [-0.05, 0) is 31.5 Å². The van der Waals surface area contributed by atoms with Crippen LogP contribution in [0.25, 0.3) is 0 Å². The third kappa shape index (κ3) is 6.91. The normalized spacial score (nSPS) is 10.1. The van der Waals surface area contributed by atoms with Crippen molar-refractivity contribution in [3.05, 3.63) is 35.9 Å². The summed E-state index contributed by atoms with van der Waals surface area (Å²) in [5, 5.41) is 6.00. The lowest BCUT2D eigenvalue weighted by molar-refractivity contribution is 0.139. The first kappa shape index (κ1) is 14.5. The SMILES string of the molecule is CCCNCCCNC(=O)OCc1ccccc1. The lowest BCUT2D eigenvalue weighted by Crippen LogP contribution is -2.28. The van der Waals surface area contributed by atoms with Gasteiger partial charge >= 0.3 is 6.09 Å². The van der Waals surface area contributed by atoms with Gasteiger partial charge in [-0.25, -0.2) is 4.79 Å². The fraction of sp³-hybridized carbons (Fsp3) is 0.500. The number of amides is 1. The van der Waals surface area contributed by atoms with Gasteiger partial charge < -0.3 is 15.4 Å². The minimum absolute atomic E-state index is 0.320. The Bertz CT molecular complexity index is 328. The van der Waals surface area contributed by atoms with Gasteiger partial charge in [0.05, 0.1) is 0 Å². The van der Waals surface area contributed by atoms with Crippen LogP contribution in [0.5, 0.6) is 0 Å². The third-order valence-corrected chi connectivity index (χ3v) is 2.44. The van der Waals surface area contributed by atoms with E-state index in [4.69, 9.17) is 4.74 Å². The van der Waals surface area contributed by atoms with Crippen molar-refractivity contribution in [2.24, 2.45) is 0 Å². The van der Waals surface area contributed by atoms with Gasteiger partial charge in [0.1, 0.15) is 6.61 Å². The Hall–Kier alpha value is -1.55. The van der Waals surface area contributed by atoms with E-state index in [2.05, 4.69) is 17.6 Å². The second-order valence-corrected chi connectivity index (χ2v) is 4.09. The zero-order valence-corrected chi connectivity index (χ0v) is 10.9. The van der Waals surface area contributed by atoms with Crippen molar-refractivity contribution in [3.8, 4) is 0 Å². The lowest BCUT2D eigenvalue weighted by Gasteiger charge is -2.07. The molecule has 1 aromatic rings. The molecule has 1 amide bonds. The second kappa shape index (κ2) is 9.48. The number of carbonyl (C=O) groups excluding carboxylic acids is 1. The van der Waals surface area contributed by atoms with Crippen LogP contribution in [0.4, 0.5) is 4.79 Å². The molecule has 0 saturated carbocycles. The number of nitrogens with one attached hydrogen (secondary N) is 2. The fourth-order valence-electron chi connectivity index (χ4n) is 1.48. The van der Waals surface area contributed by atoms with E-state index >= 15 is 0 Å². The Morgan fingerprint density at radius 2 is 1.94 bits per heavy atom. The number of rotatable bonds is 8. The number of benzene rings is 1. The van der Waals surface area contributed by atoms with Crippen molar-refractivity contribution in [3.63, 3.8) is 0 Å². The van der Waals surface area contributed by atoms with Gasteiger partial charge in [-0.1, -0.05) is 37.3 Å². The summed E-state index contributed by atoms with van der Waals surface area (Å²) in [6, 6.07) is 9.66. The lowest BCUT2D eigenvalue weighted by atomic mass is 10.2. The molecule has 0 bridgehead atoms. The molecule has 0 fully saturated rings. The first-order chi connectivity index (χ1) is 8.83. The summed E-state index contributed by atoms with van der Waals surface area (Å²) in [6.45, 7) is 5.04. The molecule has 4 nitrogen and oxygen atoms in total. The Labute approximate surface area is 109 Å². The van der Waals surface area contributed by atoms with Crippen LogP contribution in [0.2, 0.25) is 0 Å². The molecule has 2 N–H and O–H groups in total. The standard InChI is InChI=1S/C14H22N2O2/c1-2-9-15-10-6-11-16-14(17)18-12-13-7-4-3-5-8-13/h3-5,7-8,15H,2,6,9-12H2,1H3,(H,16,17). The maximum Gasteiger partial charge on any atom is 0.407 e. The summed E-state index contributed by atoms with van der Waals surface area (Å²) in [4.78, 5) is 11.4. The molecule has 18 heavy (non-hydrogen) atoms. The zero-order chi connectivity index (χ0) is 13.1. The summed E-state index contributed by atoms with van der Waals surface area (Å²) < 4.78 is 5.09. The summed E-state index contributed by atoms with van der Waals surface area (Å²) in [6.07, 6.45) is 1.70. The molecule has 4 heteroatoms. The van der Waals surface area contributed by atoms with Crippen LogP contribution >= 0.6 is 0 Å². The molecule has 100 valence electrons. The molecule has 0 heterocycles. The Kier molecular flexibility index (Phi) is 7.64. The zero-order valence-electron chi connectivity index (χ0n) is 10.9. The van der Waals surface area contributed by atoms with Crippen molar-refractivity contribution in [2.75, 3.05) is 19.6 Å². The maximum atomic E-state index is 11.4. The highest BCUT2D eigenvalue weighted by atomic mass is 16.5. The Morgan fingerprint density at radius 3 is 2.67 bits per heavy atom. The highest BCUT2D eigenvalue weighted by molar-refractivity contribution is 5.67. The first-order valence-corrected chi connectivity index (χ1v) is 6.48. The highest BCUT2D eigenvalue weighted by Crippen LogP contribution is 2.00. The summed E-state index contributed by atoms with van der Waals surface area (Å²) in [5.41, 5.74) is 0.997. The molecule has 0 aliphatic carbocycles. The van der Waals surface area contributed by atoms with Crippen LogP contribution in [0, 0.1) is 0 Å². The molecule has 0 atom stereocenters. The first-order valence-electron chi connectivity index (χ1n) is 6.48. The van der Waals surface area contributed by atoms with Gasteiger partial charge in [-0.15, -0.1) is 0 Å². The summed E-state index contributed by atoms with van der Waals surface area (Å²) >= 11 is 0. The van der Waals surface area contributed by atoms with Gasteiger partial charge in [-0.3, -0.25) is 0 Å². The topological polar surface area (TPSA) is 50.4 Å². The van der Waals surface area contributed by atoms with E-state index in [0.717, 1.165) is 31.5 Å². The highest BCUT2D eigenvalue weighted by Gasteiger charge is 2.00. The van der Waals surface area contributed by atoms with Crippen molar-refractivity contribution in [2.45, 2.75) is 26.4 Å². The number of hydrogen-bond donors (Lipinski definition) is 2. The minimum Gasteiger partial charge on any atom is -0.445 e. The van der Waals surface area contributed by atoms with Gasteiger partial charge in [0.2, 0.25) is 0 Å². The van der Waals surface area contributed by atoms with Gasteiger partial charge in [0.25, 0.3) is 0 Å². The van der Waals surface area contributed by atoms with E-state index in [1.54, 1.807) is 0 Å². The van der Waals surface area contributed by atoms with Crippen LogP contribution in [0.3, 0.4) is 0 Å². The average Bonchev–Trinajstić information content (AvgIpc) is 2.41. The fourth-order valence-corrected chi connectivity index (χ4v) is 1.48. The molecule has 1 aromatic carbocycles. The van der Waals surface area contributed by atoms with Crippen LogP contribution in [0.1, 0.15) is 25.3 Å². The summed E-state index contributed by atoms with van der Waals surface area (Å²) in [5.74, 6) is 0. The molecule has 0 aromatic heterocycles. The van der Waals surface area contributed by atoms with Crippen molar-refractivity contribution >= 4 is 6.09 Å². The van der Waals surface area contributed by atoms with Gasteiger partial charge in [-0.2, -0.15) is 0 Å². The van der Waals surface area contributed by atoms with Crippen LogP contribution in [-0.4, -0.2) is 25.7 Å². The number of carbonyl (C=O) groups is 1. The van der Waals surface area contributed by atoms with E-state index in [0.29, 0.717) is 13.2 Å². The quantitative estimate of drug-likeness (QED) is 0.696. The van der Waals surface area contributed by atoms with Gasteiger partial charge in [0.15, 0.2) is 0 Å². The second-order valence-electron chi connectivity index (χ2n) is 4.09. The predicted molar refractivity (Wildman–Crippen MR) is 72.4 cm³/mol. The molecular weight excluding hydrogens is 228 g/mol. The van der Waals surface area contributed by atoms with E-state index in [-0.39, 0.29) is 6.09 Å². The average molecular weight is 250 g/mol. The molecule has 1 rings (SSSR count). The third-order valence-electron chi connectivity index (χ3n) is 2.44. The van der Waals surface area contributed by atoms with Crippen molar-refractivity contribution in [1.29, 1.82) is 0 Å². The van der Waals surface area contributed by atoms with Crippen molar-refractivity contribution in [1.82, 2.24) is 10.6 Å². The molecule has 0 aliphatic heterocycles. The number of hydrogen-bond acceptors (Lipinski definition) is 3. The molecule has 0 radical (unpaired) electrons. The van der Waals surface area contributed by atoms with Crippen LogP contribution in [-0.2, 0) is 11.3 Å². The van der Waals surface area contributed by atoms with Crippen LogP contribution < -0.4 is 10.6 Å². The maximum absolute atomic E-state index is 11.4. The Morgan fingerprint density at radius 1 is 1.17 bits per heavy atom. The van der Waals surface area contributed by atoms with E-state index in [1.807, 2.05) is 30.3 Å². The molecule has 0 unspecified atom stereocenters. The molecule has 0 spiro atoms. The molecule has 0 saturated heterocycles. The number of ether oxygens (including phenoxy) is 1. The smallest absolute Gasteiger partial charge is 0.407 e. The van der Waals surface area contributed by atoms with Crippen molar-refractivity contribution < 1.29 is 9.53 Å². The van der Waals surface area contributed by atoms with Gasteiger partial charge in [0, 0.05) is 6.54 Å². The summed E-state index contributed by atoms with van der Waals surface area (Å²) in [7, 11) is 0. The predicted octanol–water partition coefficient (Wildman–Crippen LogP) is 2.30. The van der Waals surface area contributed by atoms with E-state index < -0.39 is 0 Å². The molecular formula is C14H22N2O2. The van der Waals surface area contributed by atoms with E-state index in [1.165, 1.54) is 0 Å². The molecule has 0 aliphatic rings. The van der Waals surface area contributed by atoms with Crippen LogP contribution in [0.15, 0.2) is 30.3 Å².